The predicted octanol–water partition coefficient (Wildman–Crippen LogP) is 6.14. The number of halogens is 2. The van der Waals surface area contributed by atoms with E-state index in [-0.39, 0.29) is 5.69 Å². The number of anilines is 1. The lowest BCUT2D eigenvalue weighted by atomic mass is 10.1. The van der Waals surface area contributed by atoms with Crippen LogP contribution in [0.2, 0.25) is 0 Å². The minimum Gasteiger partial charge on any atom is -0.493 e. The van der Waals surface area contributed by atoms with Crippen molar-refractivity contribution in [3.8, 4) is 11.5 Å². The molecule has 0 radical (unpaired) electrons. The molecule has 3 aromatic carbocycles. The summed E-state index contributed by atoms with van der Waals surface area (Å²) in [6.07, 6.45) is 2.96. The third-order valence-corrected chi connectivity index (χ3v) is 4.94. The molecule has 4 nitrogen and oxygen atoms in total. The van der Waals surface area contributed by atoms with Gasteiger partial charge < -0.3 is 14.8 Å². The highest BCUT2D eigenvalue weighted by Crippen LogP contribution is 2.29. The molecule has 0 saturated heterocycles. The zero-order chi connectivity index (χ0) is 21.5. The van der Waals surface area contributed by atoms with Gasteiger partial charge in [0.05, 0.1) is 12.8 Å². The Bertz CT molecular complexity index is 1080. The number of carbonyl (C=O) groups is 1. The Morgan fingerprint density at radius 1 is 1.10 bits per heavy atom. The Morgan fingerprint density at radius 2 is 1.90 bits per heavy atom. The summed E-state index contributed by atoms with van der Waals surface area (Å²) >= 11 is 3.18. The largest absolute Gasteiger partial charge is 0.493 e. The number of nitrogens with one attached hydrogen (secondary N) is 1. The van der Waals surface area contributed by atoms with E-state index < -0.39 is 11.7 Å². The summed E-state index contributed by atoms with van der Waals surface area (Å²) in [4.78, 5) is 12.1. The molecular weight excluding hydrogens is 449 g/mol. The number of carbonyl (C=O) groups excluding carboxylic acids is 1. The molecule has 0 heterocycles. The number of methoxy groups -OCH3 is 1. The van der Waals surface area contributed by atoms with Crippen LogP contribution in [0.15, 0.2) is 71.2 Å². The maximum absolute atomic E-state index is 13.8. The lowest BCUT2D eigenvalue weighted by Crippen LogP contribution is -2.09. The van der Waals surface area contributed by atoms with Crippen molar-refractivity contribution in [1.82, 2.24) is 0 Å². The van der Waals surface area contributed by atoms with Crippen LogP contribution in [0.25, 0.3) is 6.08 Å². The molecule has 30 heavy (non-hydrogen) atoms. The van der Waals surface area contributed by atoms with Crippen LogP contribution in [0.5, 0.6) is 11.5 Å². The van der Waals surface area contributed by atoms with Crippen LogP contribution in [0.1, 0.15) is 16.7 Å². The van der Waals surface area contributed by atoms with Crippen molar-refractivity contribution in [2.75, 3.05) is 12.4 Å². The number of ether oxygens (including phenoxy) is 2. The Balaban J connectivity index is 1.66. The first-order valence-electron chi connectivity index (χ1n) is 9.25. The molecule has 1 amide bonds. The van der Waals surface area contributed by atoms with E-state index in [2.05, 4.69) is 21.2 Å². The van der Waals surface area contributed by atoms with E-state index in [0.29, 0.717) is 22.6 Å². The topological polar surface area (TPSA) is 47.6 Å². The lowest BCUT2D eigenvalue weighted by Gasteiger charge is -2.12. The first kappa shape index (κ1) is 21.6. The number of hydrogen-bond donors (Lipinski definition) is 1. The monoisotopic (exact) mass is 469 g/mol. The molecule has 154 valence electrons. The minimum absolute atomic E-state index is 0.116. The van der Waals surface area contributed by atoms with Crippen LogP contribution in [0.4, 0.5) is 10.1 Å². The minimum atomic E-state index is -0.511. The Kier molecular flexibility index (Phi) is 7.25. The number of rotatable bonds is 7. The SMILES string of the molecule is COc1cc(/C=C/C(=O)Nc2ccc(Br)cc2F)ccc1OCc1ccccc1C. The lowest BCUT2D eigenvalue weighted by molar-refractivity contribution is -0.111. The number of benzene rings is 3. The number of aryl methyl sites for hydroxylation is 1. The highest BCUT2D eigenvalue weighted by molar-refractivity contribution is 9.10. The average Bonchev–Trinajstić information content (AvgIpc) is 2.74. The smallest absolute Gasteiger partial charge is 0.248 e. The molecule has 0 atom stereocenters. The van der Waals surface area contributed by atoms with Gasteiger partial charge in [-0.05, 0) is 60.0 Å². The summed E-state index contributed by atoms with van der Waals surface area (Å²) in [6.45, 7) is 2.47. The Hall–Kier alpha value is -3.12. The molecule has 0 unspecified atom stereocenters. The first-order valence-corrected chi connectivity index (χ1v) is 10.0. The fourth-order valence-corrected chi connectivity index (χ4v) is 3.10. The second-order valence-electron chi connectivity index (χ2n) is 6.57. The predicted molar refractivity (Wildman–Crippen MR) is 120 cm³/mol. The summed E-state index contributed by atoms with van der Waals surface area (Å²) < 4.78 is 25.8. The quantitative estimate of drug-likeness (QED) is 0.423. The summed E-state index contributed by atoms with van der Waals surface area (Å²) in [5.74, 6) is 0.224. The molecule has 3 rings (SSSR count). The van der Waals surface area contributed by atoms with Crippen LogP contribution in [0, 0.1) is 12.7 Å². The van der Waals surface area contributed by atoms with Gasteiger partial charge in [-0.1, -0.05) is 46.3 Å². The van der Waals surface area contributed by atoms with Gasteiger partial charge in [0.25, 0.3) is 0 Å². The van der Waals surface area contributed by atoms with Crippen molar-refractivity contribution in [3.63, 3.8) is 0 Å². The molecule has 0 aliphatic heterocycles. The first-order chi connectivity index (χ1) is 14.5. The van der Waals surface area contributed by atoms with Gasteiger partial charge in [0, 0.05) is 10.5 Å². The molecule has 3 aromatic rings. The van der Waals surface area contributed by atoms with E-state index in [1.54, 1.807) is 31.4 Å². The van der Waals surface area contributed by atoms with Crippen LogP contribution in [0.3, 0.4) is 0 Å². The van der Waals surface area contributed by atoms with E-state index in [1.807, 2.05) is 37.3 Å². The molecule has 0 saturated carbocycles. The summed E-state index contributed by atoms with van der Waals surface area (Å²) in [6, 6.07) is 17.8. The molecule has 0 bridgehead atoms. The van der Waals surface area contributed by atoms with Crippen LogP contribution in [-0.4, -0.2) is 13.0 Å². The van der Waals surface area contributed by atoms with Crippen molar-refractivity contribution in [3.05, 3.63) is 93.7 Å². The highest BCUT2D eigenvalue weighted by atomic mass is 79.9. The van der Waals surface area contributed by atoms with E-state index >= 15 is 0 Å². The van der Waals surface area contributed by atoms with Gasteiger partial charge in [0.1, 0.15) is 12.4 Å². The maximum atomic E-state index is 13.8. The van der Waals surface area contributed by atoms with Gasteiger partial charge >= 0.3 is 0 Å². The van der Waals surface area contributed by atoms with Crippen LogP contribution in [-0.2, 0) is 11.4 Å². The number of hydrogen-bond acceptors (Lipinski definition) is 3. The second-order valence-corrected chi connectivity index (χ2v) is 7.49. The Morgan fingerprint density at radius 3 is 2.63 bits per heavy atom. The van der Waals surface area contributed by atoms with Crippen molar-refractivity contribution >= 4 is 33.6 Å². The zero-order valence-corrected chi connectivity index (χ0v) is 18.2. The second kappa shape index (κ2) is 10.1. The van der Waals surface area contributed by atoms with Crippen molar-refractivity contribution in [2.24, 2.45) is 0 Å². The molecule has 0 aliphatic carbocycles. The van der Waals surface area contributed by atoms with Crippen LogP contribution < -0.4 is 14.8 Å². The molecule has 0 aliphatic rings. The molecule has 6 heteroatoms. The van der Waals surface area contributed by atoms with Gasteiger partial charge in [-0.2, -0.15) is 0 Å². The third-order valence-electron chi connectivity index (χ3n) is 4.45. The molecule has 1 N–H and O–H groups in total. The van der Waals surface area contributed by atoms with Gasteiger partial charge in [0.2, 0.25) is 5.91 Å². The van der Waals surface area contributed by atoms with Gasteiger partial charge in [-0.3, -0.25) is 4.79 Å². The normalized spacial score (nSPS) is 10.8. The van der Waals surface area contributed by atoms with Gasteiger partial charge in [-0.15, -0.1) is 0 Å². The van der Waals surface area contributed by atoms with Crippen LogP contribution >= 0.6 is 15.9 Å². The average molecular weight is 470 g/mol. The highest BCUT2D eigenvalue weighted by Gasteiger charge is 2.08. The zero-order valence-electron chi connectivity index (χ0n) is 16.6. The van der Waals surface area contributed by atoms with Gasteiger partial charge in [-0.25, -0.2) is 4.39 Å². The Labute approximate surface area is 183 Å². The van der Waals surface area contributed by atoms with Crippen molar-refractivity contribution < 1.29 is 18.7 Å². The molecule has 0 aromatic heterocycles. The summed E-state index contributed by atoms with van der Waals surface area (Å²) in [5, 5.41) is 2.51. The summed E-state index contributed by atoms with van der Waals surface area (Å²) in [7, 11) is 1.56. The van der Waals surface area contributed by atoms with E-state index in [9.17, 15) is 9.18 Å². The van der Waals surface area contributed by atoms with Gasteiger partial charge in [0.15, 0.2) is 11.5 Å². The summed E-state index contributed by atoms with van der Waals surface area (Å²) in [5.41, 5.74) is 3.12. The van der Waals surface area contributed by atoms with Crippen molar-refractivity contribution in [2.45, 2.75) is 13.5 Å². The third kappa shape index (κ3) is 5.70. The van der Waals surface area contributed by atoms with E-state index in [4.69, 9.17) is 9.47 Å². The standard InChI is InChI=1S/C24H21BrFNO3/c1-16-5-3-4-6-18(16)15-30-22-11-7-17(13-23(22)29-2)8-12-24(28)27-21-10-9-19(25)14-20(21)26/h3-14H,15H2,1-2H3,(H,27,28)/b12-8+. The number of amides is 1. The molecular formula is C24H21BrFNO3. The van der Waals surface area contributed by atoms with E-state index in [0.717, 1.165) is 16.7 Å². The fourth-order valence-electron chi connectivity index (χ4n) is 2.77. The molecule has 0 fully saturated rings. The van der Waals surface area contributed by atoms with Crippen molar-refractivity contribution in [1.29, 1.82) is 0 Å². The molecule has 0 spiro atoms. The van der Waals surface area contributed by atoms with E-state index in [1.165, 1.54) is 18.2 Å². The fraction of sp³-hybridized carbons (Fsp3) is 0.125. The maximum Gasteiger partial charge on any atom is 0.248 e.